The van der Waals surface area contributed by atoms with Gasteiger partial charge in [0.2, 0.25) is 0 Å². The highest BCUT2D eigenvalue weighted by Gasteiger charge is 2.38. The zero-order valence-electron chi connectivity index (χ0n) is 12.6. The summed E-state index contributed by atoms with van der Waals surface area (Å²) in [5.74, 6) is 0.156. The van der Waals surface area contributed by atoms with Gasteiger partial charge in [-0.1, -0.05) is 30.3 Å². The third-order valence-electron chi connectivity index (χ3n) is 3.23. The second-order valence-corrected chi connectivity index (χ2v) is 6.24. The molecule has 1 fully saturated rings. The molecule has 20 heavy (non-hydrogen) atoms. The summed E-state index contributed by atoms with van der Waals surface area (Å²) in [6.45, 7) is 8.31. The van der Waals surface area contributed by atoms with E-state index in [1.807, 2.05) is 45.9 Å². The van der Waals surface area contributed by atoms with Gasteiger partial charge >= 0.3 is 6.09 Å². The maximum atomic E-state index is 11.9. The van der Waals surface area contributed by atoms with Crippen LogP contribution in [0, 0.1) is 0 Å². The monoisotopic (exact) mass is 277 g/mol. The highest BCUT2D eigenvalue weighted by Crippen LogP contribution is 2.32. The molecular formula is C16H23NO3. The van der Waals surface area contributed by atoms with E-state index in [0.717, 1.165) is 6.61 Å². The third kappa shape index (κ3) is 4.23. The number of rotatable bonds is 4. The lowest BCUT2D eigenvalue weighted by atomic mass is 9.89. The van der Waals surface area contributed by atoms with E-state index in [-0.39, 0.29) is 24.2 Å². The van der Waals surface area contributed by atoms with E-state index in [9.17, 15) is 4.79 Å². The van der Waals surface area contributed by atoms with E-state index in [2.05, 4.69) is 17.4 Å². The zero-order chi connectivity index (χ0) is 14.8. The summed E-state index contributed by atoms with van der Waals surface area (Å²) in [5.41, 5.74) is 0.695. The number of carbonyl (C=O) groups is 1. The van der Waals surface area contributed by atoms with Gasteiger partial charge in [-0.15, -0.1) is 0 Å². The minimum Gasteiger partial charge on any atom is -0.444 e. The van der Waals surface area contributed by atoms with Crippen molar-refractivity contribution in [1.82, 2.24) is 5.32 Å². The van der Waals surface area contributed by atoms with Gasteiger partial charge in [0.05, 0.1) is 12.7 Å². The van der Waals surface area contributed by atoms with Gasteiger partial charge in [0, 0.05) is 12.0 Å². The largest absolute Gasteiger partial charge is 0.444 e. The Morgan fingerprint density at radius 3 is 2.45 bits per heavy atom. The number of alkyl carbamates (subject to hydrolysis) is 1. The predicted octanol–water partition coefficient (Wildman–Crippen LogP) is 3.08. The molecule has 4 nitrogen and oxygen atoms in total. The second kappa shape index (κ2) is 5.83. The molecule has 110 valence electrons. The molecule has 1 N–H and O–H groups in total. The Balaban J connectivity index is 2.01. The van der Waals surface area contributed by atoms with Crippen LogP contribution in [0.15, 0.2) is 30.3 Å². The van der Waals surface area contributed by atoms with E-state index >= 15 is 0 Å². The molecular weight excluding hydrogens is 254 g/mol. The van der Waals surface area contributed by atoms with Gasteiger partial charge in [0.25, 0.3) is 0 Å². The molecule has 0 spiro atoms. The minimum absolute atomic E-state index is 0.0419. The van der Waals surface area contributed by atoms with Crippen molar-refractivity contribution in [3.63, 3.8) is 0 Å². The summed E-state index contributed by atoms with van der Waals surface area (Å²) >= 11 is 0. The normalized spacial score (nSPS) is 20.9. The Morgan fingerprint density at radius 2 is 1.95 bits per heavy atom. The van der Waals surface area contributed by atoms with Crippen molar-refractivity contribution in [3.05, 3.63) is 35.9 Å². The lowest BCUT2D eigenvalue weighted by Crippen LogP contribution is -2.42. The van der Waals surface area contributed by atoms with Crippen LogP contribution in [0.2, 0.25) is 0 Å². The van der Waals surface area contributed by atoms with Crippen LogP contribution in [-0.4, -0.2) is 30.4 Å². The average molecular weight is 277 g/mol. The highest BCUT2D eigenvalue weighted by atomic mass is 16.6. The first-order valence-electron chi connectivity index (χ1n) is 7.03. The quantitative estimate of drug-likeness (QED) is 0.860. The molecule has 0 aromatic heterocycles. The van der Waals surface area contributed by atoms with Crippen LogP contribution < -0.4 is 5.32 Å². The maximum Gasteiger partial charge on any atom is 0.407 e. The lowest BCUT2D eigenvalue weighted by Gasteiger charge is -2.26. The molecule has 2 unspecified atom stereocenters. The first kappa shape index (κ1) is 14.9. The second-order valence-electron chi connectivity index (χ2n) is 6.24. The number of nitrogens with one attached hydrogen (secondary N) is 1. The molecule has 1 amide bonds. The van der Waals surface area contributed by atoms with Gasteiger partial charge in [0.1, 0.15) is 5.60 Å². The summed E-state index contributed by atoms with van der Waals surface area (Å²) in [5, 5.41) is 2.92. The van der Waals surface area contributed by atoms with Crippen molar-refractivity contribution < 1.29 is 14.3 Å². The number of benzene rings is 1. The fourth-order valence-corrected chi connectivity index (χ4v) is 2.35. The van der Waals surface area contributed by atoms with Gasteiger partial charge in [0.15, 0.2) is 0 Å². The Bertz CT molecular complexity index is 449. The topological polar surface area (TPSA) is 50.9 Å². The summed E-state index contributed by atoms with van der Waals surface area (Å²) in [4.78, 5) is 11.9. The fraction of sp³-hybridized carbons (Fsp3) is 0.562. The Labute approximate surface area is 120 Å². The maximum absolute atomic E-state index is 11.9. The molecule has 0 saturated carbocycles. The van der Waals surface area contributed by atoms with E-state index in [1.54, 1.807) is 0 Å². The van der Waals surface area contributed by atoms with Crippen LogP contribution in [0.1, 0.15) is 39.2 Å². The number of carbonyl (C=O) groups excluding carboxylic acids is 1. The Morgan fingerprint density at radius 1 is 1.35 bits per heavy atom. The molecule has 1 aromatic carbocycles. The summed E-state index contributed by atoms with van der Waals surface area (Å²) in [6, 6.07) is 10.1. The fourth-order valence-electron chi connectivity index (χ4n) is 2.35. The van der Waals surface area contributed by atoms with Gasteiger partial charge in [-0.3, -0.25) is 0 Å². The smallest absolute Gasteiger partial charge is 0.407 e. The summed E-state index contributed by atoms with van der Waals surface area (Å²) in [6.07, 6.45) is -0.200. The molecule has 0 bridgehead atoms. The van der Waals surface area contributed by atoms with Crippen molar-refractivity contribution in [2.45, 2.75) is 51.4 Å². The highest BCUT2D eigenvalue weighted by molar-refractivity contribution is 5.68. The van der Waals surface area contributed by atoms with E-state index in [1.165, 1.54) is 5.56 Å². The first-order valence-corrected chi connectivity index (χ1v) is 7.03. The molecule has 1 heterocycles. The molecule has 1 saturated heterocycles. The van der Waals surface area contributed by atoms with Gasteiger partial charge in [-0.2, -0.15) is 0 Å². The first-order chi connectivity index (χ1) is 9.37. The SMILES string of the molecule is CC(NC(=O)OC(C)(C)C)[C@@H](c1ccccc1)C1CO1. The van der Waals surface area contributed by atoms with Gasteiger partial charge in [-0.25, -0.2) is 4.79 Å². The molecule has 1 aliphatic heterocycles. The van der Waals surface area contributed by atoms with Crippen LogP contribution in [0.4, 0.5) is 4.79 Å². The molecule has 3 atom stereocenters. The Hall–Kier alpha value is -1.55. The number of hydrogen-bond acceptors (Lipinski definition) is 3. The van der Waals surface area contributed by atoms with Gasteiger partial charge < -0.3 is 14.8 Å². The van der Waals surface area contributed by atoms with E-state index in [0.29, 0.717) is 0 Å². The zero-order valence-corrected chi connectivity index (χ0v) is 12.6. The van der Waals surface area contributed by atoms with Crippen molar-refractivity contribution >= 4 is 6.09 Å². The molecule has 0 radical (unpaired) electrons. The standard InChI is InChI=1S/C16H23NO3/c1-11(17-15(18)20-16(2,3)4)14(13-10-19-13)12-8-6-5-7-9-12/h5-9,11,13-14H,10H2,1-4H3,(H,17,18)/t11?,13?,14-/m0/s1. The van der Waals surface area contributed by atoms with Crippen LogP contribution in [0.5, 0.6) is 0 Å². The number of ether oxygens (including phenoxy) is 2. The van der Waals surface area contributed by atoms with Crippen LogP contribution in [0.3, 0.4) is 0 Å². The van der Waals surface area contributed by atoms with Crippen molar-refractivity contribution in [1.29, 1.82) is 0 Å². The minimum atomic E-state index is -0.484. The number of hydrogen-bond donors (Lipinski definition) is 1. The average Bonchev–Trinajstić information content (AvgIpc) is 3.12. The van der Waals surface area contributed by atoms with Crippen molar-refractivity contribution in [2.75, 3.05) is 6.61 Å². The molecule has 1 aromatic rings. The van der Waals surface area contributed by atoms with Gasteiger partial charge in [-0.05, 0) is 33.3 Å². The van der Waals surface area contributed by atoms with E-state index in [4.69, 9.17) is 9.47 Å². The molecule has 1 aliphatic rings. The van der Waals surface area contributed by atoms with Crippen LogP contribution in [0.25, 0.3) is 0 Å². The molecule has 2 rings (SSSR count). The summed E-state index contributed by atoms with van der Waals surface area (Å²) in [7, 11) is 0. The predicted molar refractivity (Wildman–Crippen MR) is 77.8 cm³/mol. The number of amides is 1. The van der Waals surface area contributed by atoms with Crippen molar-refractivity contribution in [2.24, 2.45) is 0 Å². The van der Waals surface area contributed by atoms with Crippen LogP contribution >= 0.6 is 0 Å². The lowest BCUT2D eigenvalue weighted by molar-refractivity contribution is 0.0498. The van der Waals surface area contributed by atoms with E-state index < -0.39 is 5.60 Å². The summed E-state index contributed by atoms with van der Waals surface area (Å²) < 4.78 is 10.7. The third-order valence-corrected chi connectivity index (χ3v) is 3.23. The molecule has 0 aliphatic carbocycles. The van der Waals surface area contributed by atoms with Crippen LogP contribution in [-0.2, 0) is 9.47 Å². The molecule has 4 heteroatoms. The number of epoxide rings is 1. The van der Waals surface area contributed by atoms with Crippen molar-refractivity contribution in [3.8, 4) is 0 Å². The Kier molecular flexibility index (Phi) is 4.33.